The van der Waals surface area contributed by atoms with Crippen LogP contribution in [0.1, 0.15) is 23.8 Å². The van der Waals surface area contributed by atoms with Crippen LogP contribution in [0.25, 0.3) is 0 Å². The molecule has 10 nitrogen and oxygen atoms in total. The van der Waals surface area contributed by atoms with Crippen LogP contribution in [0.4, 0.5) is 0 Å². The number of ether oxygens (including phenoxy) is 1. The number of aliphatic hydroxyl groups is 1. The van der Waals surface area contributed by atoms with Crippen molar-refractivity contribution in [3.63, 3.8) is 0 Å². The third-order valence-electron chi connectivity index (χ3n) is 4.84. The molecule has 29 heavy (non-hydrogen) atoms. The summed E-state index contributed by atoms with van der Waals surface area (Å²) in [6.07, 6.45) is -0.299. The van der Waals surface area contributed by atoms with E-state index in [9.17, 15) is 23.1 Å². The zero-order chi connectivity index (χ0) is 21.2. The maximum atomic E-state index is 12.0. The van der Waals surface area contributed by atoms with Crippen LogP contribution in [0.5, 0.6) is 0 Å². The van der Waals surface area contributed by atoms with Crippen molar-refractivity contribution in [2.45, 2.75) is 43.2 Å². The van der Waals surface area contributed by atoms with E-state index in [1.54, 1.807) is 19.1 Å². The van der Waals surface area contributed by atoms with Gasteiger partial charge in [0.05, 0.1) is 17.1 Å². The molecule has 3 rings (SSSR count). The number of H-pyrrole nitrogens is 1. The average molecular weight is 424 g/mol. The average Bonchev–Trinajstić information content (AvgIpc) is 3.05. The van der Waals surface area contributed by atoms with Gasteiger partial charge in [0.1, 0.15) is 6.23 Å². The van der Waals surface area contributed by atoms with Crippen LogP contribution in [0.3, 0.4) is 0 Å². The van der Waals surface area contributed by atoms with Gasteiger partial charge >= 0.3 is 5.69 Å². The number of rotatable bonds is 7. The summed E-state index contributed by atoms with van der Waals surface area (Å²) in [6, 6.07) is 6.44. The van der Waals surface area contributed by atoms with Crippen molar-refractivity contribution in [3.05, 3.63) is 62.4 Å². The van der Waals surface area contributed by atoms with E-state index in [0.717, 1.165) is 5.56 Å². The predicted octanol–water partition coefficient (Wildman–Crippen LogP) is -0.809. The molecule has 11 heteroatoms. The molecule has 1 fully saturated rings. The third kappa shape index (κ3) is 4.82. The van der Waals surface area contributed by atoms with Gasteiger partial charge in [-0.05, 0) is 31.7 Å². The van der Waals surface area contributed by atoms with Crippen molar-refractivity contribution < 1.29 is 18.3 Å². The lowest BCUT2D eigenvalue weighted by molar-refractivity contribution is -0.0194. The molecule has 0 bridgehead atoms. The summed E-state index contributed by atoms with van der Waals surface area (Å²) in [5.74, 6) is 0. The first-order valence-corrected chi connectivity index (χ1v) is 10.6. The molecule has 1 aromatic heterocycles. The van der Waals surface area contributed by atoms with Crippen molar-refractivity contribution in [3.8, 4) is 0 Å². The maximum Gasteiger partial charge on any atom is 0.330 e. The second kappa shape index (κ2) is 8.59. The predicted molar refractivity (Wildman–Crippen MR) is 105 cm³/mol. The van der Waals surface area contributed by atoms with Crippen LogP contribution in [0, 0.1) is 6.92 Å². The summed E-state index contributed by atoms with van der Waals surface area (Å²) in [4.78, 5) is 25.9. The first-order chi connectivity index (χ1) is 13.7. The number of aromatic nitrogens is 2. The fourth-order valence-corrected chi connectivity index (χ4v) is 3.86. The van der Waals surface area contributed by atoms with Gasteiger partial charge < -0.3 is 15.2 Å². The Bertz CT molecular complexity index is 1080. The molecule has 1 saturated heterocycles. The summed E-state index contributed by atoms with van der Waals surface area (Å²) in [6.45, 7) is 2.38. The highest BCUT2D eigenvalue weighted by Gasteiger charge is 2.35. The van der Waals surface area contributed by atoms with Gasteiger partial charge in [-0.15, -0.1) is 0 Å². The van der Waals surface area contributed by atoms with Gasteiger partial charge in [0.15, 0.2) is 0 Å². The Morgan fingerprint density at radius 2 is 1.97 bits per heavy atom. The zero-order valence-corrected chi connectivity index (χ0v) is 16.9. The smallest absolute Gasteiger partial charge is 0.330 e. The van der Waals surface area contributed by atoms with Crippen LogP contribution in [0.15, 0.2) is 44.9 Å². The van der Waals surface area contributed by atoms with Gasteiger partial charge in [-0.2, -0.15) is 0 Å². The minimum absolute atomic E-state index is 0.183. The van der Waals surface area contributed by atoms with Crippen molar-refractivity contribution in [2.24, 2.45) is 0 Å². The van der Waals surface area contributed by atoms with Gasteiger partial charge in [0.25, 0.3) is 5.56 Å². The van der Waals surface area contributed by atoms with E-state index >= 15 is 0 Å². The zero-order valence-electron chi connectivity index (χ0n) is 16.1. The summed E-state index contributed by atoms with van der Waals surface area (Å²) < 4.78 is 32.8. The number of hydrogen-bond donors (Lipinski definition) is 4. The molecule has 0 aliphatic carbocycles. The molecule has 2 heterocycles. The Labute approximate surface area is 167 Å². The lowest BCUT2D eigenvalue weighted by atomic mass is 10.1. The number of nitrogens with zero attached hydrogens (tertiary/aromatic N) is 1. The molecule has 1 aliphatic heterocycles. The van der Waals surface area contributed by atoms with Gasteiger partial charge in [0, 0.05) is 31.3 Å². The molecule has 2 aromatic rings. The van der Waals surface area contributed by atoms with Crippen molar-refractivity contribution in [1.82, 2.24) is 19.6 Å². The normalized spacial score (nSPS) is 22.1. The SMILES string of the molecule is CNS(=O)(=O)c1ccc(CNC[C@H]2O[C@@H](n3cc(C)c(=O)[nH]c3=O)C[C@@H]2O)cc1. The number of aromatic amines is 1. The highest BCUT2D eigenvalue weighted by Crippen LogP contribution is 2.27. The van der Waals surface area contributed by atoms with E-state index < -0.39 is 39.7 Å². The van der Waals surface area contributed by atoms with Crippen molar-refractivity contribution in [2.75, 3.05) is 13.6 Å². The second-order valence-electron chi connectivity index (χ2n) is 6.89. The van der Waals surface area contributed by atoms with Gasteiger partial charge in [-0.3, -0.25) is 14.3 Å². The highest BCUT2D eigenvalue weighted by molar-refractivity contribution is 7.89. The monoisotopic (exact) mass is 424 g/mol. The second-order valence-corrected chi connectivity index (χ2v) is 8.78. The lowest BCUT2D eigenvalue weighted by Gasteiger charge is -2.17. The minimum Gasteiger partial charge on any atom is -0.390 e. The summed E-state index contributed by atoms with van der Waals surface area (Å²) in [5.41, 5.74) is 0.226. The molecule has 3 atom stereocenters. The molecule has 158 valence electrons. The summed E-state index contributed by atoms with van der Waals surface area (Å²) >= 11 is 0. The Morgan fingerprint density at radius 1 is 1.28 bits per heavy atom. The van der Waals surface area contributed by atoms with Crippen LogP contribution in [0.2, 0.25) is 0 Å². The maximum absolute atomic E-state index is 12.0. The number of benzene rings is 1. The van der Waals surface area contributed by atoms with Crippen molar-refractivity contribution in [1.29, 1.82) is 0 Å². The largest absolute Gasteiger partial charge is 0.390 e. The van der Waals surface area contributed by atoms with Gasteiger partial charge in [-0.25, -0.2) is 17.9 Å². The minimum atomic E-state index is -3.47. The first kappa shape index (κ1) is 21.4. The number of aliphatic hydroxyl groups excluding tert-OH is 1. The molecule has 0 amide bonds. The van der Waals surface area contributed by atoms with E-state index in [1.165, 1.54) is 29.9 Å². The Hall–Kier alpha value is -2.31. The number of nitrogens with one attached hydrogen (secondary N) is 3. The molecule has 0 radical (unpaired) electrons. The standard InChI is InChI=1S/C18H24N4O6S/c1-11-10-22(18(25)21-17(11)24)16-7-14(23)15(28-16)9-20-8-12-3-5-13(6-4-12)29(26,27)19-2/h3-6,10,14-16,19-20,23H,7-9H2,1-2H3,(H,21,24,25)/t14-,15+,16+/m0/s1. The molecular formula is C18H24N4O6S. The van der Waals surface area contributed by atoms with Crippen molar-refractivity contribution >= 4 is 10.0 Å². The topological polar surface area (TPSA) is 143 Å². The fraction of sp³-hybridized carbons (Fsp3) is 0.444. The molecule has 0 saturated carbocycles. The summed E-state index contributed by atoms with van der Waals surface area (Å²) in [7, 11) is -2.12. The number of sulfonamides is 1. The van der Waals surface area contributed by atoms with Crippen LogP contribution in [-0.4, -0.2) is 48.9 Å². The molecule has 0 spiro atoms. The van der Waals surface area contributed by atoms with Crippen LogP contribution >= 0.6 is 0 Å². The molecule has 1 aromatic carbocycles. The van der Waals surface area contributed by atoms with Gasteiger partial charge in [-0.1, -0.05) is 12.1 Å². The number of aryl methyl sites for hydroxylation is 1. The van der Waals surface area contributed by atoms with Crippen LogP contribution in [-0.2, 0) is 21.3 Å². The van der Waals surface area contributed by atoms with E-state index in [4.69, 9.17) is 4.74 Å². The lowest BCUT2D eigenvalue weighted by Crippen LogP contribution is -2.35. The van der Waals surface area contributed by atoms with E-state index in [2.05, 4.69) is 15.0 Å². The summed E-state index contributed by atoms with van der Waals surface area (Å²) in [5, 5.41) is 13.4. The third-order valence-corrected chi connectivity index (χ3v) is 6.27. The van der Waals surface area contributed by atoms with Crippen LogP contribution < -0.4 is 21.3 Å². The molecule has 0 unspecified atom stereocenters. The Balaban J connectivity index is 1.57. The quantitative estimate of drug-likeness (QED) is 0.455. The number of hydrogen-bond acceptors (Lipinski definition) is 7. The van der Waals surface area contributed by atoms with E-state index in [0.29, 0.717) is 18.7 Å². The first-order valence-electron chi connectivity index (χ1n) is 9.10. The molecule has 4 N–H and O–H groups in total. The van der Waals surface area contributed by atoms with E-state index in [1.807, 2.05) is 0 Å². The molecule has 1 aliphatic rings. The van der Waals surface area contributed by atoms with Gasteiger partial charge in [0.2, 0.25) is 10.0 Å². The fourth-order valence-electron chi connectivity index (χ4n) is 3.13. The highest BCUT2D eigenvalue weighted by atomic mass is 32.2. The Kier molecular flexibility index (Phi) is 6.34. The Morgan fingerprint density at radius 3 is 2.62 bits per heavy atom. The van der Waals surface area contributed by atoms with E-state index in [-0.39, 0.29) is 11.3 Å². The molecular weight excluding hydrogens is 400 g/mol.